The number of nitrogens with two attached hydrogens (primary N) is 1. The van der Waals surface area contributed by atoms with Crippen molar-refractivity contribution < 1.29 is 9.13 Å². The predicted octanol–water partition coefficient (Wildman–Crippen LogP) is 1.04. The maximum Gasteiger partial charge on any atom is 0.321 e. The summed E-state index contributed by atoms with van der Waals surface area (Å²) >= 11 is 2.30. The molecular formula is C9H12FIN4O. The number of ether oxygens (including phenoxy) is 1. The van der Waals surface area contributed by atoms with Crippen LogP contribution in [-0.4, -0.2) is 38.6 Å². The van der Waals surface area contributed by atoms with Crippen molar-refractivity contribution in [3.05, 3.63) is 12.0 Å². The molecule has 2 rings (SSSR count). The van der Waals surface area contributed by atoms with Crippen LogP contribution in [-0.2, 0) is 0 Å². The van der Waals surface area contributed by atoms with Crippen LogP contribution < -0.4 is 10.5 Å². The van der Waals surface area contributed by atoms with E-state index in [0.717, 1.165) is 30.1 Å². The number of anilines is 1. The first-order valence-electron chi connectivity index (χ1n) is 4.92. The number of hydrogen-bond donors (Lipinski definition) is 1. The normalized spacial score (nSPS) is 21.2. The molecule has 1 aromatic heterocycles. The highest BCUT2D eigenvalue weighted by molar-refractivity contribution is 14.1. The molecule has 1 unspecified atom stereocenters. The summed E-state index contributed by atoms with van der Waals surface area (Å²) in [5, 5.41) is 0. The smallest absolute Gasteiger partial charge is 0.321 e. The summed E-state index contributed by atoms with van der Waals surface area (Å²) in [7, 11) is 0. The average Bonchev–Trinajstić information content (AvgIpc) is 2.64. The van der Waals surface area contributed by atoms with Gasteiger partial charge in [0.05, 0.1) is 4.55 Å². The Labute approximate surface area is 106 Å². The first-order chi connectivity index (χ1) is 7.67. The van der Waals surface area contributed by atoms with E-state index in [-0.39, 0.29) is 17.9 Å². The Hall–Kier alpha value is -0.700. The van der Waals surface area contributed by atoms with Gasteiger partial charge in [-0.3, -0.25) is 4.90 Å². The molecule has 1 fully saturated rings. The van der Waals surface area contributed by atoms with Gasteiger partial charge in [-0.2, -0.15) is 14.4 Å². The van der Waals surface area contributed by atoms with Gasteiger partial charge in [-0.05, 0) is 6.42 Å². The number of likely N-dealkylation sites (tertiary alicyclic amines) is 1. The Bertz CT molecular complexity index is 358. The van der Waals surface area contributed by atoms with E-state index in [1.807, 2.05) is 0 Å². The van der Waals surface area contributed by atoms with Gasteiger partial charge >= 0.3 is 6.01 Å². The number of rotatable bonds is 3. The van der Waals surface area contributed by atoms with E-state index < -0.39 is 5.95 Å². The van der Waals surface area contributed by atoms with Gasteiger partial charge in [0.25, 0.3) is 0 Å². The van der Waals surface area contributed by atoms with Crippen LogP contribution in [0.5, 0.6) is 6.01 Å². The molecule has 0 aliphatic carbocycles. The van der Waals surface area contributed by atoms with Crippen LogP contribution in [0.3, 0.4) is 0 Å². The largest absolute Gasteiger partial charge is 0.459 e. The minimum atomic E-state index is -0.661. The lowest BCUT2D eigenvalue weighted by Gasteiger charge is -2.13. The molecular weight excluding hydrogens is 326 g/mol. The van der Waals surface area contributed by atoms with E-state index in [1.54, 1.807) is 0 Å². The lowest BCUT2D eigenvalue weighted by molar-refractivity contribution is 0.189. The van der Waals surface area contributed by atoms with Crippen molar-refractivity contribution in [2.75, 3.05) is 23.4 Å². The lowest BCUT2D eigenvalue weighted by atomic mass is 10.3. The van der Waals surface area contributed by atoms with Crippen molar-refractivity contribution in [1.29, 1.82) is 0 Å². The summed E-state index contributed by atoms with van der Waals surface area (Å²) in [6.45, 7) is 1.81. The van der Waals surface area contributed by atoms with E-state index in [9.17, 15) is 4.39 Å². The van der Waals surface area contributed by atoms with Crippen LogP contribution in [0.25, 0.3) is 0 Å². The standard InChI is InChI=1S/C9H12FIN4O/c10-7-3-8(12)14-9(13-7)16-6-1-2-15(4-6)5-11/h3,6H,1-2,4-5H2,(H2,12,13,14). The fourth-order valence-electron chi connectivity index (χ4n) is 1.62. The van der Waals surface area contributed by atoms with Gasteiger partial charge in [-0.15, -0.1) is 0 Å². The predicted molar refractivity (Wildman–Crippen MR) is 65.9 cm³/mol. The van der Waals surface area contributed by atoms with Gasteiger partial charge in [-0.25, -0.2) is 0 Å². The second-order valence-electron chi connectivity index (χ2n) is 3.62. The van der Waals surface area contributed by atoms with Crippen molar-refractivity contribution in [1.82, 2.24) is 14.9 Å². The molecule has 0 spiro atoms. The fraction of sp³-hybridized carbons (Fsp3) is 0.556. The Kier molecular flexibility index (Phi) is 3.74. The van der Waals surface area contributed by atoms with E-state index in [1.165, 1.54) is 0 Å². The molecule has 88 valence electrons. The van der Waals surface area contributed by atoms with Crippen LogP contribution in [0.4, 0.5) is 10.2 Å². The van der Waals surface area contributed by atoms with Crippen molar-refractivity contribution in [2.45, 2.75) is 12.5 Å². The monoisotopic (exact) mass is 338 g/mol. The quantitative estimate of drug-likeness (QED) is 0.386. The van der Waals surface area contributed by atoms with Gasteiger partial charge in [0.15, 0.2) is 0 Å². The topological polar surface area (TPSA) is 64.3 Å². The summed E-state index contributed by atoms with van der Waals surface area (Å²) in [6.07, 6.45) is 0.930. The zero-order chi connectivity index (χ0) is 11.5. The zero-order valence-electron chi connectivity index (χ0n) is 8.57. The first kappa shape index (κ1) is 11.8. The van der Waals surface area contributed by atoms with Crippen LogP contribution in [0, 0.1) is 5.95 Å². The third kappa shape index (κ3) is 2.91. The van der Waals surface area contributed by atoms with E-state index in [2.05, 4.69) is 37.5 Å². The number of hydrogen-bond acceptors (Lipinski definition) is 5. The van der Waals surface area contributed by atoms with E-state index >= 15 is 0 Å². The lowest BCUT2D eigenvalue weighted by Crippen LogP contribution is -2.24. The maximum atomic E-state index is 12.9. The van der Waals surface area contributed by atoms with Gasteiger partial charge in [0.1, 0.15) is 11.9 Å². The number of alkyl halides is 1. The molecule has 1 aromatic rings. The molecule has 16 heavy (non-hydrogen) atoms. The third-order valence-corrected chi connectivity index (χ3v) is 3.33. The minimum absolute atomic E-state index is 0.0240. The number of halogens is 2. The Morgan fingerprint density at radius 3 is 3.06 bits per heavy atom. The van der Waals surface area contributed by atoms with Gasteiger partial charge in [0, 0.05) is 19.2 Å². The molecule has 0 bridgehead atoms. The van der Waals surface area contributed by atoms with Crippen LogP contribution in [0.1, 0.15) is 6.42 Å². The Morgan fingerprint density at radius 1 is 1.62 bits per heavy atom. The van der Waals surface area contributed by atoms with Crippen molar-refractivity contribution >= 4 is 28.4 Å². The molecule has 5 nitrogen and oxygen atoms in total. The second-order valence-corrected chi connectivity index (χ2v) is 4.31. The molecule has 1 saturated heterocycles. The van der Waals surface area contributed by atoms with Crippen molar-refractivity contribution in [3.63, 3.8) is 0 Å². The van der Waals surface area contributed by atoms with Crippen molar-refractivity contribution in [3.8, 4) is 6.01 Å². The Morgan fingerprint density at radius 2 is 2.44 bits per heavy atom. The van der Waals surface area contributed by atoms with Crippen molar-refractivity contribution in [2.24, 2.45) is 0 Å². The SMILES string of the molecule is Nc1cc(F)nc(OC2CCN(CI)C2)n1. The third-order valence-electron chi connectivity index (χ3n) is 2.36. The second kappa shape index (κ2) is 5.09. The Balaban J connectivity index is 1.99. The number of nitrogen functional groups attached to an aromatic ring is 1. The van der Waals surface area contributed by atoms with Gasteiger partial charge in [-0.1, -0.05) is 22.6 Å². The summed E-state index contributed by atoms with van der Waals surface area (Å²) < 4.78 is 19.4. The number of aromatic nitrogens is 2. The van der Waals surface area contributed by atoms with E-state index in [4.69, 9.17) is 10.5 Å². The molecule has 0 aromatic carbocycles. The number of nitrogens with zero attached hydrogens (tertiary/aromatic N) is 3. The van der Waals surface area contributed by atoms with Crippen LogP contribution in [0.2, 0.25) is 0 Å². The minimum Gasteiger partial charge on any atom is -0.459 e. The average molecular weight is 338 g/mol. The molecule has 0 radical (unpaired) electrons. The summed E-state index contributed by atoms with van der Waals surface area (Å²) in [5.74, 6) is -0.572. The molecule has 2 heterocycles. The molecule has 2 N–H and O–H groups in total. The fourth-order valence-corrected chi connectivity index (χ4v) is 2.24. The highest BCUT2D eigenvalue weighted by Crippen LogP contribution is 2.16. The first-order valence-corrected chi connectivity index (χ1v) is 6.45. The summed E-state index contributed by atoms with van der Waals surface area (Å²) in [5.41, 5.74) is 5.40. The van der Waals surface area contributed by atoms with Crippen LogP contribution in [0.15, 0.2) is 6.07 Å². The molecule has 1 aliphatic rings. The highest BCUT2D eigenvalue weighted by Gasteiger charge is 2.24. The maximum absolute atomic E-state index is 12.9. The molecule has 7 heteroatoms. The van der Waals surface area contributed by atoms with Crippen LogP contribution >= 0.6 is 22.6 Å². The van der Waals surface area contributed by atoms with Gasteiger partial charge < -0.3 is 10.5 Å². The molecule has 0 amide bonds. The summed E-state index contributed by atoms with van der Waals surface area (Å²) in [4.78, 5) is 9.62. The molecule has 1 aliphatic heterocycles. The summed E-state index contributed by atoms with van der Waals surface area (Å²) in [6, 6.07) is 1.09. The molecule has 0 saturated carbocycles. The zero-order valence-corrected chi connectivity index (χ0v) is 10.7. The molecule has 1 atom stereocenters. The highest BCUT2D eigenvalue weighted by atomic mass is 127. The van der Waals surface area contributed by atoms with Gasteiger partial charge in [0.2, 0.25) is 5.95 Å². The van der Waals surface area contributed by atoms with E-state index in [0.29, 0.717) is 0 Å².